The number of aliphatic imine (C=N–C) groups is 1. The second kappa shape index (κ2) is 10.9. The minimum absolute atomic E-state index is 0.428. The van der Waals surface area contributed by atoms with Crippen molar-refractivity contribution in [1.29, 1.82) is 0 Å². The van der Waals surface area contributed by atoms with Crippen molar-refractivity contribution < 1.29 is 4.74 Å². The van der Waals surface area contributed by atoms with Gasteiger partial charge in [-0.25, -0.2) is 4.98 Å². The molecule has 0 saturated carbocycles. The van der Waals surface area contributed by atoms with E-state index < -0.39 is 0 Å². The molecule has 5 nitrogen and oxygen atoms in total. The summed E-state index contributed by atoms with van der Waals surface area (Å²) >= 11 is 0. The molecule has 1 aromatic heterocycles. The molecule has 1 aromatic rings. The molecule has 0 fully saturated rings. The molecule has 5 heteroatoms. The van der Waals surface area contributed by atoms with Crippen molar-refractivity contribution in [3.63, 3.8) is 0 Å². The van der Waals surface area contributed by atoms with Gasteiger partial charge in [0, 0.05) is 31.9 Å². The van der Waals surface area contributed by atoms with Gasteiger partial charge in [-0.05, 0) is 18.9 Å². The Morgan fingerprint density at radius 1 is 1.32 bits per heavy atom. The molecule has 22 heavy (non-hydrogen) atoms. The zero-order chi connectivity index (χ0) is 16.2. The summed E-state index contributed by atoms with van der Waals surface area (Å²) in [6, 6.07) is 4.29. The maximum atomic E-state index is 5.06. The molecule has 1 unspecified atom stereocenters. The van der Waals surface area contributed by atoms with Crippen LogP contribution in [0.1, 0.15) is 51.5 Å². The van der Waals surface area contributed by atoms with Crippen LogP contribution >= 0.6 is 0 Å². The number of ether oxygens (including phenoxy) is 1. The van der Waals surface area contributed by atoms with E-state index in [1.807, 2.05) is 18.3 Å². The number of guanidine groups is 1. The fourth-order valence-electron chi connectivity index (χ4n) is 2.20. The van der Waals surface area contributed by atoms with Crippen molar-refractivity contribution in [3.05, 3.63) is 23.9 Å². The molecular weight excluding hydrogens is 276 g/mol. The molecule has 0 aromatic carbocycles. The van der Waals surface area contributed by atoms with Gasteiger partial charge < -0.3 is 15.4 Å². The average molecular weight is 306 g/mol. The van der Waals surface area contributed by atoms with Gasteiger partial charge in [0.05, 0.1) is 7.11 Å². The summed E-state index contributed by atoms with van der Waals surface area (Å²) in [7, 11) is 3.42. The first-order valence-corrected chi connectivity index (χ1v) is 8.15. The largest absolute Gasteiger partial charge is 0.481 e. The van der Waals surface area contributed by atoms with Crippen LogP contribution in [0.5, 0.6) is 5.88 Å². The monoisotopic (exact) mass is 306 g/mol. The predicted molar refractivity (Wildman–Crippen MR) is 92.3 cm³/mol. The summed E-state index contributed by atoms with van der Waals surface area (Å²) < 4.78 is 5.06. The van der Waals surface area contributed by atoms with Gasteiger partial charge in [-0.2, -0.15) is 0 Å². The molecule has 1 atom stereocenters. The van der Waals surface area contributed by atoms with Crippen LogP contribution in [0, 0.1) is 0 Å². The van der Waals surface area contributed by atoms with E-state index in [0.717, 1.165) is 11.5 Å². The van der Waals surface area contributed by atoms with Crippen LogP contribution in [-0.4, -0.2) is 31.1 Å². The third-order valence-electron chi connectivity index (χ3n) is 3.56. The highest BCUT2D eigenvalue weighted by Gasteiger charge is 2.05. The van der Waals surface area contributed by atoms with Crippen LogP contribution in [0.15, 0.2) is 23.3 Å². The third kappa shape index (κ3) is 7.29. The predicted octanol–water partition coefficient (Wildman–Crippen LogP) is 3.11. The maximum absolute atomic E-state index is 5.06. The number of hydrogen-bond acceptors (Lipinski definition) is 3. The molecule has 0 spiro atoms. The molecule has 0 aliphatic heterocycles. The molecule has 124 valence electrons. The Kier molecular flexibility index (Phi) is 9.03. The molecule has 0 amide bonds. The van der Waals surface area contributed by atoms with Crippen LogP contribution in [0.25, 0.3) is 0 Å². The van der Waals surface area contributed by atoms with Gasteiger partial charge in [-0.1, -0.05) is 38.7 Å². The van der Waals surface area contributed by atoms with Gasteiger partial charge in [0.15, 0.2) is 5.96 Å². The number of unbranched alkanes of at least 4 members (excludes halogenated alkanes) is 3. The second-order valence-corrected chi connectivity index (χ2v) is 5.53. The Balaban J connectivity index is 2.32. The Bertz CT molecular complexity index is 431. The highest BCUT2D eigenvalue weighted by molar-refractivity contribution is 5.79. The van der Waals surface area contributed by atoms with Gasteiger partial charge in [-0.15, -0.1) is 0 Å². The quantitative estimate of drug-likeness (QED) is 0.418. The van der Waals surface area contributed by atoms with Gasteiger partial charge in [-0.3, -0.25) is 4.99 Å². The number of aromatic nitrogens is 1. The smallest absolute Gasteiger partial charge is 0.212 e. The molecule has 0 bridgehead atoms. The molecule has 1 rings (SSSR count). The zero-order valence-corrected chi connectivity index (χ0v) is 14.4. The average Bonchev–Trinajstić information content (AvgIpc) is 2.56. The van der Waals surface area contributed by atoms with Crippen molar-refractivity contribution >= 4 is 5.96 Å². The standard InChI is InChI=1S/C17H30N4O/c1-5-6-7-8-9-14(2)21-17(18-3)20-13-15-10-11-16(22-4)19-12-15/h10-12,14H,5-9,13H2,1-4H3,(H2,18,20,21). The van der Waals surface area contributed by atoms with E-state index in [9.17, 15) is 0 Å². The molecule has 1 heterocycles. The summed E-state index contributed by atoms with van der Waals surface area (Å²) in [5, 5.41) is 6.74. The van der Waals surface area contributed by atoms with E-state index in [0.29, 0.717) is 18.5 Å². The van der Waals surface area contributed by atoms with E-state index >= 15 is 0 Å². The van der Waals surface area contributed by atoms with Crippen molar-refractivity contribution in [2.75, 3.05) is 14.2 Å². The Hall–Kier alpha value is -1.78. The lowest BCUT2D eigenvalue weighted by Crippen LogP contribution is -2.41. The Morgan fingerprint density at radius 3 is 2.73 bits per heavy atom. The highest BCUT2D eigenvalue weighted by Crippen LogP contribution is 2.07. The van der Waals surface area contributed by atoms with Gasteiger partial charge >= 0.3 is 0 Å². The van der Waals surface area contributed by atoms with Gasteiger partial charge in [0.25, 0.3) is 0 Å². The summed E-state index contributed by atoms with van der Waals surface area (Å²) in [6.45, 7) is 5.13. The SMILES string of the molecule is CCCCCCC(C)NC(=NC)NCc1ccc(OC)nc1. The van der Waals surface area contributed by atoms with Crippen molar-refractivity contribution in [1.82, 2.24) is 15.6 Å². The van der Waals surface area contributed by atoms with Crippen LogP contribution in [0.2, 0.25) is 0 Å². The number of hydrogen-bond donors (Lipinski definition) is 2. The van der Waals surface area contributed by atoms with Crippen LogP contribution < -0.4 is 15.4 Å². The van der Waals surface area contributed by atoms with Crippen molar-refractivity contribution in [3.8, 4) is 5.88 Å². The molecule has 0 radical (unpaired) electrons. The van der Waals surface area contributed by atoms with Gasteiger partial charge in [0.2, 0.25) is 5.88 Å². The summed E-state index contributed by atoms with van der Waals surface area (Å²) in [6.07, 6.45) is 8.16. The van der Waals surface area contributed by atoms with Crippen LogP contribution in [0.3, 0.4) is 0 Å². The number of rotatable bonds is 9. The maximum Gasteiger partial charge on any atom is 0.212 e. The summed E-state index contributed by atoms with van der Waals surface area (Å²) in [5.74, 6) is 1.46. The van der Waals surface area contributed by atoms with E-state index in [-0.39, 0.29) is 0 Å². The first-order chi connectivity index (χ1) is 10.7. The summed E-state index contributed by atoms with van der Waals surface area (Å²) in [5.41, 5.74) is 1.10. The van der Waals surface area contributed by atoms with Crippen LogP contribution in [-0.2, 0) is 6.54 Å². The minimum atomic E-state index is 0.428. The molecule has 0 aliphatic rings. The van der Waals surface area contributed by atoms with E-state index in [1.54, 1.807) is 14.2 Å². The summed E-state index contributed by atoms with van der Waals surface area (Å²) in [4.78, 5) is 8.47. The normalized spacial score (nSPS) is 12.8. The molecule has 0 saturated heterocycles. The third-order valence-corrected chi connectivity index (χ3v) is 3.56. The molecular formula is C17H30N4O. The first-order valence-electron chi connectivity index (χ1n) is 8.15. The lowest BCUT2D eigenvalue weighted by Gasteiger charge is -2.18. The van der Waals surface area contributed by atoms with Gasteiger partial charge in [0.1, 0.15) is 0 Å². The first kappa shape index (κ1) is 18.3. The lowest BCUT2D eigenvalue weighted by molar-refractivity contribution is 0.397. The highest BCUT2D eigenvalue weighted by atomic mass is 16.5. The Labute approximate surface area is 134 Å². The topological polar surface area (TPSA) is 58.5 Å². The van der Waals surface area contributed by atoms with Crippen LogP contribution in [0.4, 0.5) is 0 Å². The second-order valence-electron chi connectivity index (χ2n) is 5.53. The number of pyridine rings is 1. The fourth-order valence-corrected chi connectivity index (χ4v) is 2.20. The number of nitrogens with zero attached hydrogens (tertiary/aromatic N) is 2. The van der Waals surface area contributed by atoms with Crippen molar-refractivity contribution in [2.24, 2.45) is 4.99 Å². The number of methoxy groups -OCH3 is 1. The lowest BCUT2D eigenvalue weighted by atomic mass is 10.1. The zero-order valence-electron chi connectivity index (χ0n) is 14.4. The molecule has 2 N–H and O–H groups in total. The van der Waals surface area contributed by atoms with E-state index in [4.69, 9.17) is 4.74 Å². The molecule has 0 aliphatic carbocycles. The van der Waals surface area contributed by atoms with E-state index in [1.165, 1.54) is 32.1 Å². The Morgan fingerprint density at radius 2 is 2.14 bits per heavy atom. The fraction of sp³-hybridized carbons (Fsp3) is 0.647. The minimum Gasteiger partial charge on any atom is -0.481 e. The van der Waals surface area contributed by atoms with E-state index in [2.05, 4.69) is 34.5 Å². The number of nitrogens with one attached hydrogen (secondary N) is 2. The van der Waals surface area contributed by atoms with Crippen molar-refractivity contribution in [2.45, 2.75) is 58.5 Å².